The normalized spacial score (nSPS) is 14.6. The predicted octanol–water partition coefficient (Wildman–Crippen LogP) is 12.9. The van der Waals surface area contributed by atoms with Crippen molar-refractivity contribution < 1.29 is 43.0 Å². The summed E-state index contributed by atoms with van der Waals surface area (Å²) in [5.41, 5.74) is 0. The summed E-state index contributed by atoms with van der Waals surface area (Å²) in [6.45, 7) is 3.32. The van der Waals surface area contributed by atoms with Crippen molar-refractivity contribution in [1.82, 2.24) is 0 Å². The van der Waals surface area contributed by atoms with Gasteiger partial charge in [0.05, 0.1) is 26.4 Å². The second-order valence-corrected chi connectivity index (χ2v) is 16.5. The summed E-state index contributed by atoms with van der Waals surface area (Å²) < 4.78 is 33.4. The fourth-order valence-electron chi connectivity index (χ4n) is 5.91. The summed E-state index contributed by atoms with van der Waals surface area (Å²) >= 11 is 0. The Balaban J connectivity index is 4.17. The molecule has 3 atom stereocenters. The van der Waals surface area contributed by atoms with Crippen LogP contribution < -0.4 is 0 Å². The number of phosphoric ester groups is 1. The quantitative estimate of drug-likeness (QED) is 0.0238. The van der Waals surface area contributed by atoms with Crippen molar-refractivity contribution >= 4 is 13.8 Å². The monoisotopic (exact) mass is 837 g/mol. The molecule has 0 bridgehead atoms. The van der Waals surface area contributed by atoms with Crippen molar-refractivity contribution in [2.75, 3.05) is 33.0 Å². The van der Waals surface area contributed by atoms with Gasteiger partial charge >= 0.3 is 13.8 Å². The van der Waals surface area contributed by atoms with Crippen LogP contribution in [-0.4, -0.2) is 66.3 Å². The van der Waals surface area contributed by atoms with Crippen LogP contribution in [0.2, 0.25) is 0 Å². The number of rotatable bonds is 43. The van der Waals surface area contributed by atoms with Gasteiger partial charge in [-0.2, -0.15) is 0 Å². The molecule has 0 radical (unpaired) electrons. The van der Waals surface area contributed by atoms with E-state index in [0.717, 1.165) is 89.9 Å². The van der Waals surface area contributed by atoms with Crippen LogP contribution in [0.4, 0.5) is 0 Å². The smallest absolute Gasteiger partial charge is 0.457 e. The van der Waals surface area contributed by atoms with E-state index in [-0.39, 0.29) is 13.0 Å². The summed E-state index contributed by atoms with van der Waals surface area (Å²) in [5, 5.41) is 18.4. The highest BCUT2D eigenvalue weighted by Crippen LogP contribution is 2.43. The lowest BCUT2D eigenvalue weighted by Gasteiger charge is -2.20. The first-order valence-electron chi connectivity index (χ1n) is 22.9. The number of aliphatic hydroxyl groups excluding tert-OH is 2. The van der Waals surface area contributed by atoms with Crippen molar-refractivity contribution in [3.63, 3.8) is 0 Å². The van der Waals surface area contributed by atoms with E-state index < -0.39 is 45.8 Å². The minimum Gasteiger partial charge on any atom is -0.457 e. The van der Waals surface area contributed by atoms with Gasteiger partial charge in [0.15, 0.2) is 0 Å². The van der Waals surface area contributed by atoms with Crippen LogP contribution in [0.15, 0.2) is 72.9 Å². The number of hydrogen-bond acceptors (Lipinski definition) is 8. The van der Waals surface area contributed by atoms with Crippen LogP contribution in [0.1, 0.15) is 181 Å². The van der Waals surface area contributed by atoms with Crippen molar-refractivity contribution in [3.05, 3.63) is 72.9 Å². The first kappa shape index (κ1) is 55.9. The second kappa shape index (κ2) is 44.5. The Morgan fingerprint density at radius 3 is 1.48 bits per heavy atom. The van der Waals surface area contributed by atoms with E-state index >= 15 is 0 Å². The Morgan fingerprint density at radius 2 is 0.983 bits per heavy atom. The number of unbranched alkanes of at least 4 members (excludes halogenated alkanes) is 17. The fourth-order valence-corrected chi connectivity index (χ4v) is 6.70. The molecular weight excluding hydrogens is 751 g/mol. The van der Waals surface area contributed by atoms with E-state index in [1.165, 1.54) is 64.2 Å². The minimum atomic E-state index is -4.53. The van der Waals surface area contributed by atoms with Gasteiger partial charge in [-0.25, -0.2) is 4.57 Å². The lowest BCUT2D eigenvalue weighted by molar-refractivity contribution is -0.154. The first-order valence-corrected chi connectivity index (χ1v) is 24.4. The lowest BCUT2D eigenvalue weighted by atomic mass is 10.1. The number of esters is 1. The van der Waals surface area contributed by atoms with Crippen LogP contribution in [0, 0.1) is 0 Å². The molecule has 3 N–H and O–H groups in total. The summed E-state index contributed by atoms with van der Waals surface area (Å²) in [4.78, 5) is 22.6. The fraction of sp³-hybridized carbons (Fsp3) is 0.729. The Morgan fingerprint density at radius 1 is 0.552 bits per heavy atom. The maximum Gasteiger partial charge on any atom is 0.472 e. The van der Waals surface area contributed by atoms with E-state index in [0.29, 0.717) is 13.0 Å². The molecule has 9 nitrogen and oxygen atoms in total. The van der Waals surface area contributed by atoms with Gasteiger partial charge in [-0.15, -0.1) is 0 Å². The first-order chi connectivity index (χ1) is 28.3. The molecule has 0 aliphatic heterocycles. The maximum absolute atomic E-state index is 12.6. The Labute approximate surface area is 354 Å². The van der Waals surface area contributed by atoms with Crippen LogP contribution in [-0.2, 0) is 27.9 Å². The molecule has 0 spiro atoms. The molecule has 58 heavy (non-hydrogen) atoms. The minimum absolute atomic E-state index is 0.0273. The van der Waals surface area contributed by atoms with Crippen LogP contribution >= 0.6 is 7.82 Å². The topological polar surface area (TPSA) is 132 Å². The molecule has 0 fully saturated rings. The zero-order chi connectivity index (χ0) is 42.5. The number of phosphoric acid groups is 1. The van der Waals surface area contributed by atoms with Crippen molar-refractivity contribution in [2.45, 2.75) is 193 Å². The number of hydrogen-bond donors (Lipinski definition) is 3. The molecule has 0 amide bonds. The number of carbonyl (C=O) groups is 1. The molecule has 336 valence electrons. The molecule has 0 rings (SSSR count). The van der Waals surface area contributed by atoms with Crippen molar-refractivity contribution in [3.8, 4) is 0 Å². The van der Waals surface area contributed by atoms with Gasteiger partial charge in [0.2, 0.25) is 0 Å². The van der Waals surface area contributed by atoms with E-state index in [2.05, 4.69) is 86.8 Å². The van der Waals surface area contributed by atoms with Gasteiger partial charge in [0, 0.05) is 13.0 Å². The van der Waals surface area contributed by atoms with Crippen LogP contribution in [0.25, 0.3) is 0 Å². The van der Waals surface area contributed by atoms with Crippen molar-refractivity contribution in [2.24, 2.45) is 0 Å². The van der Waals surface area contributed by atoms with E-state index in [4.69, 9.17) is 23.6 Å². The zero-order valence-electron chi connectivity index (χ0n) is 36.7. The maximum atomic E-state index is 12.6. The van der Waals surface area contributed by atoms with Gasteiger partial charge in [-0.3, -0.25) is 13.8 Å². The predicted molar refractivity (Wildman–Crippen MR) is 242 cm³/mol. The van der Waals surface area contributed by atoms with E-state index in [1.807, 2.05) is 0 Å². The molecule has 0 heterocycles. The highest BCUT2D eigenvalue weighted by atomic mass is 31.2. The summed E-state index contributed by atoms with van der Waals surface area (Å²) in [6.07, 6.45) is 52.9. The Hall–Kier alpha value is -2.10. The third-order valence-electron chi connectivity index (χ3n) is 9.38. The summed E-state index contributed by atoms with van der Waals surface area (Å²) in [7, 11) is -4.53. The van der Waals surface area contributed by atoms with Crippen LogP contribution in [0.3, 0.4) is 0 Å². The van der Waals surface area contributed by atoms with Gasteiger partial charge in [-0.05, 0) is 83.5 Å². The summed E-state index contributed by atoms with van der Waals surface area (Å²) in [6, 6.07) is 0. The molecule has 3 unspecified atom stereocenters. The zero-order valence-corrected chi connectivity index (χ0v) is 37.6. The molecule has 0 aromatic rings. The number of ether oxygens (including phenoxy) is 2. The average Bonchev–Trinajstić information content (AvgIpc) is 3.21. The van der Waals surface area contributed by atoms with Gasteiger partial charge < -0.3 is 24.6 Å². The lowest BCUT2D eigenvalue weighted by Crippen LogP contribution is -2.29. The number of aliphatic hydroxyl groups is 2. The molecule has 0 aromatic heterocycles. The molecule has 10 heteroatoms. The van der Waals surface area contributed by atoms with Gasteiger partial charge in [0.25, 0.3) is 0 Å². The van der Waals surface area contributed by atoms with Crippen LogP contribution in [0.5, 0.6) is 0 Å². The van der Waals surface area contributed by atoms with E-state index in [9.17, 15) is 19.4 Å². The molecular formula is C48H85O9P. The Bertz CT molecular complexity index is 1130. The van der Waals surface area contributed by atoms with Crippen molar-refractivity contribution in [1.29, 1.82) is 0 Å². The number of allylic oxidation sites excluding steroid dienone is 12. The largest absolute Gasteiger partial charge is 0.472 e. The number of carbonyl (C=O) groups excluding carboxylic acids is 1. The average molecular weight is 837 g/mol. The van der Waals surface area contributed by atoms with E-state index in [1.54, 1.807) is 0 Å². The molecule has 0 saturated carbocycles. The highest BCUT2D eigenvalue weighted by molar-refractivity contribution is 7.47. The SMILES string of the molecule is CC/C=C\C/C=C\C/C=C\CCCCCCOCC(COP(=O)(O)OCC(O)CO)OC(=O)CCCCCCCCCC/C=C\C/C=C\C/C=C\CCCCCCC. The highest BCUT2D eigenvalue weighted by Gasteiger charge is 2.26. The molecule has 0 aromatic carbocycles. The third kappa shape index (κ3) is 43.5. The molecule has 0 aliphatic carbocycles. The standard InChI is InChI=1S/C48H85O9P/c1-3-5-7-9-11-13-15-17-19-20-21-22-23-24-25-26-27-28-30-32-34-36-38-40-48(51)57-47(45-56-58(52,53)55-43-46(50)42-49)44-54-41-39-37-35-33-31-29-18-16-14-12-10-8-6-4-2/h6,8,12,14-15,17-18,20-21,23-24,29,46-47,49-50H,3-5,7,9-11,13,16,19,22,25-28,30-45H2,1-2H3,(H,52,53)/b8-6-,14-12-,17-15-,21-20-,24-23-,29-18-. The summed E-state index contributed by atoms with van der Waals surface area (Å²) in [5.74, 6) is -0.401. The molecule has 0 aliphatic rings. The van der Waals surface area contributed by atoms with Gasteiger partial charge in [0.1, 0.15) is 12.2 Å². The second-order valence-electron chi connectivity index (χ2n) is 15.0. The molecule has 0 saturated heterocycles. The Kier molecular flexibility index (Phi) is 42.8. The third-order valence-corrected chi connectivity index (χ3v) is 10.3. The van der Waals surface area contributed by atoms with Gasteiger partial charge in [-0.1, -0.05) is 164 Å².